The van der Waals surface area contributed by atoms with Gasteiger partial charge in [-0.05, 0) is 100 Å². The zero-order chi connectivity index (χ0) is 41.0. The molecule has 12 aromatic rings. The molecule has 0 fully saturated rings. The molecule has 0 radical (unpaired) electrons. The van der Waals surface area contributed by atoms with Crippen molar-refractivity contribution in [1.29, 1.82) is 0 Å². The highest BCUT2D eigenvalue weighted by Crippen LogP contribution is 2.44. The zero-order valence-corrected chi connectivity index (χ0v) is 34.3. The maximum Gasteiger partial charge on any atom is 0.164 e. The predicted octanol–water partition coefficient (Wildman–Crippen LogP) is 15.3. The smallest absolute Gasteiger partial charge is 0.164 e. The summed E-state index contributed by atoms with van der Waals surface area (Å²) in [4.78, 5) is 16.0. The minimum Gasteiger partial charge on any atom is -0.309 e. The molecule has 12 rings (SSSR count). The first kappa shape index (κ1) is 35.9. The van der Waals surface area contributed by atoms with E-state index in [1.54, 1.807) is 0 Å². The van der Waals surface area contributed by atoms with Crippen molar-refractivity contribution in [1.82, 2.24) is 19.5 Å². The third-order valence-corrected chi connectivity index (χ3v) is 13.0. The van der Waals surface area contributed by atoms with Crippen LogP contribution in [-0.2, 0) is 0 Å². The van der Waals surface area contributed by atoms with Crippen molar-refractivity contribution in [2.45, 2.75) is 0 Å². The van der Waals surface area contributed by atoms with Gasteiger partial charge in [-0.1, -0.05) is 152 Å². The molecule has 3 heterocycles. The number of para-hydroxylation sites is 2. The van der Waals surface area contributed by atoms with Crippen LogP contribution in [0.15, 0.2) is 218 Å². The van der Waals surface area contributed by atoms with Gasteiger partial charge in [-0.2, -0.15) is 0 Å². The number of aromatic nitrogens is 4. The zero-order valence-electron chi connectivity index (χ0n) is 33.5. The molecule has 3 aromatic heterocycles. The molecule has 0 aliphatic rings. The Kier molecular flexibility index (Phi) is 8.65. The van der Waals surface area contributed by atoms with E-state index in [1.165, 1.54) is 30.9 Å². The molecule has 0 unspecified atom stereocenters. The Hall–Kier alpha value is -7.99. The van der Waals surface area contributed by atoms with E-state index in [-0.39, 0.29) is 0 Å². The van der Waals surface area contributed by atoms with E-state index in [4.69, 9.17) is 15.0 Å². The highest BCUT2D eigenvalue weighted by Gasteiger charge is 2.21. The first-order chi connectivity index (χ1) is 30.7. The van der Waals surface area contributed by atoms with Crippen molar-refractivity contribution in [3.05, 3.63) is 218 Å². The summed E-state index contributed by atoms with van der Waals surface area (Å²) in [7, 11) is 0. The molecule has 0 saturated heterocycles. The topological polar surface area (TPSA) is 43.6 Å². The van der Waals surface area contributed by atoms with Gasteiger partial charge in [-0.15, -0.1) is 11.3 Å². The van der Waals surface area contributed by atoms with E-state index >= 15 is 0 Å². The molecule has 4 nitrogen and oxygen atoms in total. The summed E-state index contributed by atoms with van der Waals surface area (Å²) in [5.74, 6) is 1.84. The van der Waals surface area contributed by atoms with Gasteiger partial charge in [-0.25, -0.2) is 15.0 Å². The Morgan fingerprint density at radius 3 is 1.47 bits per heavy atom. The summed E-state index contributed by atoms with van der Waals surface area (Å²) in [6.07, 6.45) is 0. The van der Waals surface area contributed by atoms with Gasteiger partial charge in [0.1, 0.15) is 0 Å². The molecule has 0 bridgehead atoms. The fourth-order valence-corrected chi connectivity index (χ4v) is 9.99. The maximum atomic E-state index is 5.42. The number of rotatable bonds is 7. The van der Waals surface area contributed by atoms with Crippen molar-refractivity contribution in [3.63, 3.8) is 0 Å². The lowest BCUT2D eigenvalue weighted by Gasteiger charge is -2.14. The van der Waals surface area contributed by atoms with E-state index in [0.717, 1.165) is 66.8 Å². The first-order valence-electron chi connectivity index (χ1n) is 20.8. The molecule has 0 atom stereocenters. The number of nitrogens with zero attached hydrogens (tertiary/aromatic N) is 4. The summed E-state index contributed by atoms with van der Waals surface area (Å²) in [5, 5.41) is 4.91. The van der Waals surface area contributed by atoms with Crippen molar-refractivity contribution in [2.24, 2.45) is 0 Å². The Labute approximate surface area is 362 Å². The van der Waals surface area contributed by atoms with Gasteiger partial charge in [0.2, 0.25) is 0 Å². The summed E-state index contributed by atoms with van der Waals surface area (Å²) in [5.41, 5.74) is 12.8. The third kappa shape index (κ3) is 6.26. The molecule has 5 heteroatoms. The van der Waals surface area contributed by atoms with E-state index in [1.807, 2.05) is 29.5 Å². The number of benzene rings is 9. The van der Waals surface area contributed by atoms with Crippen LogP contribution in [0.4, 0.5) is 0 Å². The molecule has 9 aromatic carbocycles. The number of hydrogen-bond donors (Lipinski definition) is 0. The van der Waals surface area contributed by atoms with Crippen LogP contribution >= 0.6 is 11.3 Å². The number of hydrogen-bond acceptors (Lipinski definition) is 4. The number of thiophene rings is 1. The highest BCUT2D eigenvalue weighted by molar-refractivity contribution is 7.25. The van der Waals surface area contributed by atoms with Gasteiger partial charge in [0.15, 0.2) is 17.5 Å². The van der Waals surface area contributed by atoms with Gasteiger partial charge >= 0.3 is 0 Å². The summed E-state index contributed by atoms with van der Waals surface area (Å²) in [6.45, 7) is 0. The molecule has 0 saturated carbocycles. The molecule has 62 heavy (non-hydrogen) atoms. The van der Waals surface area contributed by atoms with Gasteiger partial charge in [-0.3, -0.25) is 0 Å². The SMILES string of the molecule is c1ccc(-c2cc(-c3ccccc3)cc(-c3nc(-c4ccccc4)nc(-c4cc(-c5ccc6sc7ccccc7c6c5)c5c6ccccc6n(-c6ccccc6)c5c4)n3)c2)cc1. The van der Waals surface area contributed by atoms with Crippen LogP contribution in [0.1, 0.15) is 0 Å². The highest BCUT2D eigenvalue weighted by atomic mass is 32.1. The minimum absolute atomic E-state index is 0.607. The second kappa shape index (κ2) is 14.9. The molecule has 0 amide bonds. The lowest BCUT2D eigenvalue weighted by atomic mass is 9.95. The van der Waals surface area contributed by atoms with Crippen molar-refractivity contribution in [3.8, 4) is 73.2 Å². The van der Waals surface area contributed by atoms with Crippen LogP contribution in [0.2, 0.25) is 0 Å². The normalized spacial score (nSPS) is 11.5. The fraction of sp³-hybridized carbons (Fsp3) is 0. The second-order valence-electron chi connectivity index (χ2n) is 15.6. The van der Waals surface area contributed by atoms with Crippen LogP contribution in [0.5, 0.6) is 0 Å². The quantitative estimate of drug-likeness (QED) is 0.161. The van der Waals surface area contributed by atoms with E-state index in [0.29, 0.717) is 17.5 Å². The Balaban J connectivity index is 1.15. The van der Waals surface area contributed by atoms with E-state index < -0.39 is 0 Å². The van der Waals surface area contributed by atoms with Crippen LogP contribution in [-0.4, -0.2) is 19.5 Å². The monoisotopic (exact) mass is 808 g/mol. The Bertz CT molecular complexity index is 3560. The van der Waals surface area contributed by atoms with Crippen LogP contribution < -0.4 is 0 Å². The van der Waals surface area contributed by atoms with Crippen molar-refractivity contribution >= 4 is 53.3 Å². The maximum absolute atomic E-state index is 5.42. The van der Waals surface area contributed by atoms with E-state index in [2.05, 4.69) is 205 Å². The van der Waals surface area contributed by atoms with Crippen molar-refractivity contribution in [2.75, 3.05) is 0 Å². The Morgan fingerprint density at radius 2 is 0.806 bits per heavy atom. The predicted molar refractivity (Wildman–Crippen MR) is 260 cm³/mol. The fourth-order valence-electron chi connectivity index (χ4n) is 8.90. The molecule has 0 spiro atoms. The molecule has 0 aliphatic heterocycles. The van der Waals surface area contributed by atoms with Crippen molar-refractivity contribution < 1.29 is 0 Å². The average molecular weight is 809 g/mol. The minimum atomic E-state index is 0.607. The largest absolute Gasteiger partial charge is 0.309 e. The summed E-state index contributed by atoms with van der Waals surface area (Å²) in [6, 6.07) is 77.5. The van der Waals surface area contributed by atoms with Gasteiger partial charge in [0.25, 0.3) is 0 Å². The standard InChI is InChI=1S/C57H36N4S/c1-5-17-37(18-6-1)41-31-42(38-19-7-2-8-20-38)33-43(32-41)56-58-55(39-21-9-3-10-22-39)59-57(60-56)44-35-48(40-29-30-53-49(34-40)46-25-14-16-28-52(46)62-53)54-47-26-13-15-27-50(47)61(51(54)36-44)45-23-11-4-12-24-45/h1-36H. The average Bonchev–Trinajstić information content (AvgIpc) is 3.90. The summed E-state index contributed by atoms with van der Waals surface area (Å²) < 4.78 is 4.94. The van der Waals surface area contributed by atoms with Gasteiger partial charge < -0.3 is 4.57 Å². The van der Waals surface area contributed by atoms with Crippen LogP contribution in [0.25, 0.3) is 115 Å². The van der Waals surface area contributed by atoms with Gasteiger partial charge in [0.05, 0.1) is 11.0 Å². The number of fused-ring (bicyclic) bond motifs is 6. The lowest BCUT2D eigenvalue weighted by Crippen LogP contribution is -2.01. The molecule has 0 aliphatic carbocycles. The third-order valence-electron chi connectivity index (χ3n) is 11.8. The lowest BCUT2D eigenvalue weighted by molar-refractivity contribution is 1.07. The van der Waals surface area contributed by atoms with Crippen LogP contribution in [0, 0.1) is 0 Å². The summed E-state index contributed by atoms with van der Waals surface area (Å²) >= 11 is 1.84. The Morgan fingerprint density at radius 1 is 0.306 bits per heavy atom. The van der Waals surface area contributed by atoms with Crippen LogP contribution in [0.3, 0.4) is 0 Å². The molecule has 290 valence electrons. The first-order valence-corrected chi connectivity index (χ1v) is 21.7. The molecular weight excluding hydrogens is 773 g/mol. The molecular formula is C57H36N4S. The van der Waals surface area contributed by atoms with Gasteiger partial charge in [0, 0.05) is 53.3 Å². The van der Waals surface area contributed by atoms with E-state index in [9.17, 15) is 0 Å². The molecule has 0 N–H and O–H groups in total. The second-order valence-corrected chi connectivity index (χ2v) is 16.7.